The van der Waals surface area contributed by atoms with Crippen molar-refractivity contribution in [2.75, 3.05) is 13.1 Å². The van der Waals surface area contributed by atoms with Gasteiger partial charge in [-0.3, -0.25) is 9.69 Å². The Labute approximate surface area is 124 Å². The van der Waals surface area contributed by atoms with Gasteiger partial charge in [-0.15, -0.1) is 0 Å². The zero-order valence-corrected chi connectivity index (χ0v) is 12.5. The van der Waals surface area contributed by atoms with Crippen LogP contribution in [-0.2, 0) is 0 Å². The van der Waals surface area contributed by atoms with Gasteiger partial charge in [0.15, 0.2) is 0 Å². The second-order valence-corrected chi connectivity index (χ2v) is 6.17. The van der Waals surface area contributed by atoms with Gasteiger partial charge in [-0.25, -0.2) is 4.98 Å². The Balaban J connectivity index is 1.69. The molecular formula is C15H20ClN3O. The smallest absolute Gasteiger partial charge is 0.251 e. The third kappa shape index (κ3) is 2.81. The maximum Gasteiger partial charge on any atom is 0.251 e. The molecule has 0 spiro atoms. The first-order valence-electron chi connectivity index (χ1n) is 7.32. The Bertz CT molecular complexity index is 500. The van der Waals surface area contributed by atoms with Crippen molar-refractivity contribution in [3.8, 4) is 0 Å². The van der Waals surface area contributed by atoms with E-state index in [9.17, 15) is 4.79 Å². The number of nitrogens with one attached hydrogen (secondary N) is 1. The first-order valence-corrected chi connectivity index (χ1v) is 7.70. The van der Waals surface area contributed by atoms with Crippen molar-refractivity contribution >= 4 is 17.5 Å². The number of carbonyl (C=O) groups is 1. The van der Waals surface area contributed by atoms with Crippen LogP contribution in [0.4, 0.5) is 0 Å². The van der Waals surface area contributed by atoms with E-state index in [1.165, 1.54) is 25.8 Å². The van der Waals surface area contributed by atoms with Crippen LogP contribution >= 0.6 is 11.6 Å². The third-order valence-corrected chi connectivity index (χ3v) is 4.55. The summed E-state index contributed by atoms with van der Waals surface area (Å²) in [6.07, 6.45) is 4.80. The first-order chi connectivity index (χ1) is 9.63. The number of aromatic nitrogens is 1. The average molecular weight is 294 g/mol. The van der Waals surface area contributed by atoms with E-state index in [1.54, 1.807) is 12.1 Å². The summed E-state index contributed by atoms with van der Waals surface area (Å²) < 4.78 is 0. The van der Waals surface area contributed by atoms with E-state index < -0.39 is 0 Å². The highest BCUT2D eigenvalue weighted by molar-refractivity contribution is 6.29. The molecule has 3 heterocycles. The summed E-state index contributed by atoms with van der Waals surface area (Å²) in [6.45, 7) is 4.13. The molecule has 2 unspecified atom stereocenters. The molecule has 0 bridgehead atoms. The number of carbonyl (C=O) groups excluding carboxylic acids is 1. The molecule has 5 heteroatoms. The molecule has 0 aromatic carbocycles. The summed E-state index contributed by atoms with van der Waals surface area (Å²) in [5.41, 5.74) is 1.38. The molecule has 2 atom stereocenters. The number of rotatable bonds is 2. The Morgan fingerprint density at radius 3 is 3.00 bits per heavy atom. The molecule has 2 saturated heterocycles. The highest BCUT2D eigenvalue weighted by atomic mass is 35.5. The average Bonchev–Trinajstić information content (AvgIpc) is 2.81. The molecule has 1 aromatic heterocycles. The number of hydrogen-bond acceptors (Lipinski definition) is 3. The van der Waals surface area contributed by atoms with Gasteiger partial charge >= 0.3 is 0 Å². The second kappa shape index (κ2) is 5.70. The van der Waals surface area contributed by atoms with Crippen molar-refractivity contribution in [3.05, 3.63) is 28.5 Å². The standard InChI is InChI=1S/C15H20ClN3O/c1-10-8-11(9-14(16)17-10)15(20)18-12-5-7-19-6-3-2-4-13(12)19/h8-9,12-13H,2-7H2,1H3,(H,18,20). The topological polar surface area (TPSA) is 45.2 Å². The number of aryl methyl sites for hydroxylation is 1. The largest absolute Gasteiger partial charge is 0.348 e. The molecule has 1 amide bonds. The van der Waals surface area contributed by atoms with Crippen molar-refractivity contribution < 1.29 is 4.79 Å². The van der Waals surface area contributed by atoms with Crippen LogP contribution in [0.3, 0.4) is 0 Å². The maximum absolute atomic E-state index is 12.4. The SMILES string of the molecule is Cc1cc(C(=O)NC2CCN3CCCCC23)cc(Cl)n1. The summed E-state index contributed by atoms with van der Waals surface area (Å²) in [7, 11) is 0. The van der Waals surface area contributed by atoms with Gasteiger partial charge in [0.1, 0.15) is 5.15 Å². The number of nitrogens with zero attached hydrogens (tertiary/aromatic N) is 2. The van der Waals surface area contributed by atoms with E-state index in [4.69, 9.17) is 11.6 Å². The van der Waals surface area contributed by atoms with Crippen LogP contribution in [0, 0.1) is 6.92 Å². The molecule has 2 fully saturated rings. The summed E-state index contributed by atoms with van der Waals surface area (Å²) >= 11 is 5.92. The highest BCUT2D eigenvalue weighted by Crippen LogP contribution is 2.27. The third-order valence-electron chi connectivity index (χ3n) is 4.36. The van der Waals surface area contributed by atoms with Gasteiger partial charge in [0.2, 0.25) is 0 Å². The summed E-state index contributed by atoms with van der Waals surface area (Å²) in [4.78, 5) is 19.0. The van der Waals surface area contributed by atoms with Crippen LogP contribution in [0.5, 0.6) is 0 Å². The predicted octanol–water partition coefficient (Wildman–Crippen LogP) is 2.40. The van der Waals surface area contributed by atoms with Crippen LogP contribution in [-0.4, -0.2) is 41.0 Å². The Morgan fingerprint density at radius 2 is 2.20 bits per heavy atom. The zero-order valence-electron chi connectivity index (χ0n) is 11.7. The Kier molecular flexibility index (Phi) is 3.94. The molecule has 0 radical (unpaired) electrons. The van der Waals surface area contributed by atoms with E-state index in [2.05, 4.69) is 15.2 Å². The fourth-order valence-corrected chi connectivity index (χ4v) is 3.68. The van der Waals surface area contributed by atoms with Gasteiger partial charge in [-0.05, 0) is 44.9 Å². The normalized spacial score (nSPS) is 26.3. The van der Waals surface area contributed by atoms with E-state index in [0.29, 0.717) is 16.8 Å². The van der Waals surface area contributed by atoms with Crippen LogP contribution in [0.2, 0.25) is 5.15 Å². The van der Waals surface area contributed by atoms with Gasteiger partial charge in [-0.1, -0.05) is 18.0 Å². The first kappa shape index (κ1) is 13.8. The van der Waals surface area contributed by atoms with Gasteiger partial charge < -0.3 is 5.32 Å². The summed E-state index contributed by atoms with van der Waals surface area (Å²) in [5, 5.41) is 3.56. The molecule has 2 aliphatic rings. The minimum absolute atomic E-state index is 0.0326. The molecule has 2 aliphatic heterocycles. The fraction of sp³-hybridized carbons (Fsp3) is 0.600. The molecule has 0 saturated carbocycles. The molecule has 3 rings (SSSR count). The number of halogens is 1. The minimum Gasteiger partial charge on any atom is -0.348 e. The number of fused-ring (bicyclic) bond motifs is 1. The predicted molar refractivity (Wildman–Crippen MR) is 79.1 cm³/mol. The van der Waals surface area contributed by atoms with Gasteiger partial charge in [0.05, 0.1) is 0 Å². The zero-order chi connectivity index (χ0) is 14.1. The lowest BCUT2D eigenvalue weighted by Crippen LogP contribution is -2.46. The monoisotopic (exact) mass is 293 g/mol. The fourth-order valence-electron chi connectivity index (χ4n) is 3.43. The summed E-state index contributed by atoms with van der Waals surface area (Å²) in [5.74, 6) is -0.0326. The van der Waals surface area contributed by atoms with Gasteiger partial charge in [0, 0.05) is 29.9 Å². The summed E-state index contributed by atoms with van der Waals surface area (Å²) in [6, 6.07) is 4.22. The molecular weight excluding hydrogens is 274 g/mol. The van der Waals surface area contributed by atoms with Crippen LogP contribution in [0.25, 0.3) is 0 Å². The maximum atomic E-state index is 12.4. The number of piperidine rings is 1. The molecule has 4 nitrogen and oxygen atoms in total. The van der Waals surface area contributed by atoms with Crippen molar-refractivity contribution in [2.24, 2.45) is 0 Å². The molecule has 20 heavy (non-hydrogen) atoms. The van der Waals surface area contributed by atoms with Crippen molar-refractivity contribution in [2.45, 2.75) is 44.7 Å². The molecule has 1 aromatic rings. The molecule has 0 aliphatic carbocycles. The van der Waals surface area contributed by atoms with E-state index in [0.717, 1.165) is 18.7 Å². The minimum atomic E-state index is -0.0326. The lowest BCUT2D eigenvalue weighted by molar-refractivity contribution is 0.0915. The van der Waals surface area contributed by atoms with Crippen LogP contribution in [0.15, 0.2) is 12.1 Å². The van der Waals surface area contributed by atoms with E-state index in [-0.39, 0.29) is 11.9 Å². The van der Waals surface area contributed by atoms with Crippen molar-refractivity contribution in [1.82, 2.24) is 15.2 Å². The van der Waals surface area contributed by atoms with Crippen molar-refractivity contribution in [1.29, 1.82) is 0 Å². The van der Waals surface area contributed by atoms with Crippen LogP contribution < -0.4 is 5.32 Å². The molecule has 108 valence electrons. The highest BCUT2D eigenvalue weighted by Gasteiger charge is 2.36. The quantitative estimate of drug-likeness (QED) is 0.852. The van der Waals surface area contributed by atoms with Crippen molar-refractivity contribution in [3.63, 3.8) is 0 Å². The second-order valence-electron chi connectivity index (χ2n) is 5.79. The Morgan fingerprint density at radius 1 is 1.35 bits per heavy atom. The van der Waals surface area contributed by atoms with E-state index >= 15 is 0 Å². The van der Waals surface area contributed by atoms with Crippen LogP contribution in [0.1, 0.15) is 41.7 Å². The lowest BCUT2D eigenvalue weighted by Gasteiger charge is -2.32. The molecule has 1 N–H and O–H groups in total. The number of hydrogen-bond donors (Lipinski definition) is 1. The lowest BCUT2D eigenvalue weighted by atomic mass is 9.99. The van der Waals surface area contributed by atoms with Gasteiger partial charge in [0.25, 0.3) is 5.91 Å². The number of pyridine rings is 1. The van der Waals surface area contributed by atoms with Gasteiger partial charge in [-0.2, -0.15) is 0 Å². The number of amides is 1. The van der Waals surface area contributed by atoms with E-state index in [1.807, 2.05) is 6.92 Å². The Hall–Kier alpha value is -1.13.